The van der Waals surface area contributed by atoms with Crippen LogP contribution in [0.15, 0.2) is 4.99 Å². The van der Waals surface area contributed by atoms with Crippen LogP contribution in [0.5, 0.6) is 0 Å². The Morgan fingerprint density at radius 2 is 2.27 bits per heavy atom. The molecule has 0 saturated carbocycles. The highest BCUT2D eigenvalue weighted by atomic mass is 16.2. The van der Waals surface area contributed by atoms with Crippen molar-refractivity contribution in [1.82, 2.24) is 9.80 Å². The lowest BCUT2D eigenvalue weighted by Crippen LogP contribution is -2.39. The van der Waals surface area contributed by atoms with Crippen LogP contribution < -0.4 is 0 Å². The molecule has 0 spiro atoms. The topological polar surface area (TPSA) is 35.9 Å². The third-order valence-corrected chi connectivity index (χ3v) is 2.12. The van der Waals surface area contributed by atoms with E-state index in [-0.39, 0.29) is 5.91 Å². The highest BCUT2D eigenvalue weighted by Gasteiger charge is 2.30. The van der Waals surface area contributed by atoms with Gasteiger partial charge in [0.15, 0.2) is 0 Å². The molecule has 11 heavy (non-hydrogen) atoms. The van der Waals surface area contributed by atoms with Gasteiger partial charge < -0.3 is 4.90 Å². The summed E-state index contributed by atoms with van der Waals surface area (Å²) in [6, 6.07) is 0. The largest absolute Gasteiger partial charge is 0.344 e. The average molecular weight is 153 g/mol. The van der Waals surface area contributed by atoms with E-state index in [1.54, 1.807) is 4.90 Å². The molecule has 2 rings (SSSR count). The molecule has 0 bridgehead atoms. The number of fused-ring (bicyclic) bond motifs is 1. The van der Waals surface area contributed by atoms with E-state index in [0.29, 0.717) is 13.0 Å². The molecule has 2 aliphatic rings. The molecule has 0 unspecified atom stereocenters. The summed E-state index contributed by atoms with van der Waals surface area (Å²) in [6.07, 6.45) is 0.581. The van der Waals surface area contributed by atoms with Crippen molar-refractivity contribution in [2.45, 2.75) is 6.42 Å². The Labute approximate surface area is 65.5 Å². The van der Waals surface area contributed by atoms with Crippen molar-refractivity contribution in [3.05, 3.63) is 0 Å². The van der Waals surface area contributed by atoms with E-state index in [2.05, 4.69) is 4.99 Å². The van der Waals surface area contributed by atoms with Crippen LogP contribution >= 0.6 is 0 Å². The summed E-state index contributed by atoms with van der Waals surface area (Å²) in [5.41, 5.74) is 0. The first-order chi connectivity index (χ1) is 5.29. The zero-order chi connectivity index (χ0) is 7.84. The van der Waals surface area contributed by atoms with E-state index in [9.17, 15) is 4.79 Å². The number of hydrogen-bond donors (Lipinski definition) is 0. The van der Waals surface area contributed by atoms with E-state index in [1.807, 2.05) is 11.9 Å². The summed E-state index contributed by atoms with van der Waals surface area (Å²) < 4.78 is 0. The molecule has 60 valence electrons. The molecule has 1 saturated heterocycles. The minimum absolute atomic E-state index is 0.222. The molecular weight excluding hydrogens is 142 g/mol. The van der Waals surface area contributed by atoms with Gasteiger partial charge in [0.1, 0.15) is 0 Å². The van der Waals surface area contributed by atoms with Crippen LogP contribution in [-0.2, 0) is 4.79 Å². The third kappa shape index (κ3) is 0.895. The Kier molecular flexibility index (Phi) is 1.34. The van der Waals surface area contributed by atoms with E-state index in [4.69, 9.17) is 0 Å². The molecular formula is C7H11N3O. The molecule has 0 aliphatic carbocycles. The smallest absolute Gasteiger partial charge is 0.231 e. The molecule has 0 aromatic heterocycles. The lowest BCUT2D eigenvalue weighted by molar-refractivity contribution is -0.127. The van der Waals surface area contributed by atoms with Crippen molar-refractivity contribution in [3.8, 4) is 0 Å². The lowest BCUT2D eigenvalue weighted by atomic mass is 10.3. The fourth-order valence-corrected chi connectivity index (χ4v) is 1.48. The summed E-state index contributed by atoms with van der Waals surface area (Å²) in [5.74, 6) is 1.08. The van der Waals surface area contributed by atoms with Gasteiger partial charge in [-0.1, -0.05) is 0 Å². The number of rotatable bonds is 0. The number of likely N-dealkylation sites (N-methyl/N-ethyl adjacent to an activating group) is 1. The fraction of sp³-hybridized carbons (Fsp3) is 0.714. The summed E-state index contributed by atoms with van der Waals surface area (Å²) in [6.45, 7) is 2.40. The SMILES string of the molecule is CN1CCN2C(=O)CCN=C12. The van der Waals surface area contributed by atoms with Gasteiger partial charge >= 0.3 is 0 Å². The molecule has 1 fully saturated rings. The van der Waals surface area contributed by atoms with Gasteiger partial charge in [-0.3, -0.25) is 14.7 Å². The minimum Gasteiger partial charge on any atom is -0.344 e. The Morgan fingerprint density at radius 3 is 3.00 bits per heavy atom. The molecule has 0 aromatic carbocycles. The number of nitrogens with zero attached hydrogens (tertiary/aromatic N) is 3. The van der Waals surface area contributed by atoms with E-state index < -0.39 is 0 Å². The van der Waals surface area contributed by atoms with Crippen LogP contribution in [0, 0.1) is 0 Å². The van der Waals surface area contributed by atoms with Crippen LogP contribution in [0.1, 0.15) is 6.42 Å². The highest BCUT2D eigenvalue weighted by Crippen LogP contribution is 2.12. The monoisotopic (exact) mass is 153 g/mol. The minimum atomic E-state index is 0.222. The van der Waals surface area contributed by atoms with Crippen LogP contribution in [0.4, 0.5) is 0 Å². The normalized spacial score (nSPS) is 23.7. The van der Waals surface area contributed by atoms with Crippen LogP contribution in [-0.4, -0.2) is 48.3 Å². The van der Waals surface area contributed by atoms with Gasteiger partial charge in [0, 0.05) is 26.6 Å². The fourth-order valence-electron chi connectivity index (χ4n) is 1.48. The predicted molar refractivity (Wildman–Crippen MR) is 41.3 cm³/mol. The first-order valence-corrected chi connectivity index (χ1v) is 3.85. The number of guanidine groups is 1. The van der Waals surface area contributed by atoms with Crippen molar-refractivity contribution in [2.24, 2.45) is 4.99 Å². The number of aliphatic imine (C=N–C) groups is 1. The van der Waals surface area contributed by atoms with Gasteiger partial charge in [-0.05, 0) is 0 Å². The summed E-state index contributed by atoms with van der Waals surface area (Å²) in [4.78, 5) is 19.3. The highest BCUT2D eigenvalue weighted by molar-refractivity contribution is 6.00. The van der Waals surface area contributed by atoms with Crippen molar-refractivity contribution in [3.63, 3.8) is 0 Å². The summed E-state index contributed by atoms with van der Waals surface area (Å²) in [7, 11) is 1.97. The van der Waals surface area contributed by atoms with Crippen molar-refractivity contribution >= 4 is 11.9 Å². The summed E-state index contributed by atoms with van der Waals surface area (Å²) in [5, 5.41) is 0. The summed E-state index contributed by atoms with van der Waals surface area (Å²) >= 11 is 0. The van der Waals surface area contributed by atoms with Gasteiger partial charge in [-0.15, -0.1) is 0 Å². The first kappa shape index (κ1) is 6.64. The average Bonchev–Trinajstić information content (AvgIpc) is 2.35. The molecule has 2 heterocycles. The third-order valence-electron chi connectivity index (χ3n) is 2.12. The van der Waals surface area contributed by atoms with Gasteiger partial charge in [0.2, 0.25) is 11.9 Å². The van der Waals surface area contributed by atoms with Crippen molar-refractivity contribution in [1.29, 1.82) is 0 Å². The number of carbonyl (C=O) groups excluding carboxylic acids is 1. The van der Waals surface area contributed by atoms with E-state index in [1.165, 1.54) is 0 Å². The second kappa shape index (κ2) is 2.22. The zero-order valence-corrected chi connectivity index (χ0v) is 6.58. The molecule has 0 aromatic rings. The molecule has 0 atom stereocenters. The van der Waals surface area contributed by atoms with E-state index in [0.717, 1.165) is 19.0 Å². The Bertz CT molecular complexity index is 224. The second-order valence-corrected chi connectivity index (χ2v) is 2.90. The van der Waals surface area contributed by atoms with Crippen LogP contribution in [0.3, 0.4) is 0 Å². The lowest BCUT2D eigenvalue weighted by Gasteiger charge is -2.22. The molecule has 0 N–H and O–H groups in total. The Hall–Kier alpha value is -1.06. The maximum absolute atomic E-state index is 11.2. The van der Waals surface area contributed by atoms with E-state index >= 15 is 0 Å². The van der Waals surface area contributed by atoms with Crippen molar-refractivity contribution < 1.29 is 4.79 Å². The van der Waals surface area contributed by atoms with Gasteiger partial charge in [0.05, 0.1) is 6.54 Å². The van der Waals surface area contributed by atoms with Gasteiger partial charge in [0.25, 0.3) is 0 Å². The maximum atomic E-state index is 11.2. The molecule has 4 nitrogen and oxygen atoms in total. The standard InChI is InChI=1S/C7H11N3O/c1-9-4-5-10-6(11)2-3-8-7(9)10/h2-5H2,1H3. The van der Waals surface area contributed by atoms with Gasteiger partial charge in [-0.2, -0.15) is 0 Å². The number of carbonyl (C=O) groups is 1. The molecule has 2 aliphatic heterocycles. The molecule has 1 amide bonds. The maximum Gasteiger partial charge on any atom is 0.231 e. The zero-order valence-electron chi connectivity index (χ0n) is 6.58. The Morgan fingerprint density at radius 1 is 1.45 bits per heavy atom. The quantitative estimate of drug-likeness (QED) is 0.471. The number of amides is 1. The van der Waals surface area contributed by atoms with Crippen molar-refractivity contribution in [2.75, 3.05) is 26.7 Å². The van der Waals surface area contributed by atoms with Crippen LogP contribution in [0.2, 0.25) is 0 Å². The van der Waals surface area contributed by atoms with Gasteiger partial charge in [-0.25, -0.2) is 0 Å². The second-order valence-electron chi connectivity index (χ2n) is 2.90. The number of hydrogen-bond acceptors (Lipinski definition) is 3. The van der Waals surface area contributed by atoms with Crippen LogP contribution in [0.25, 0.3) is 0 Å². The molecule has 0 radical (unpaired) electrons. The molecule has 4 heteroatoms. The Balaban J connectivity index is 2.28. The first-order valence-electron chi connectivity index (χ1n) is 3.85. The predicted octanol–water partition coefficient (Wildman–Crippen LogP) is -0.480.